The van der Waals surface area contributed by atoms with E-state index in [1.165, 1.54) is 28.7 Å². The Balaban J connectivity index is 1.18. The monoisotopic (exact) mass is 621 g/mol. The largest absolute Gasteiger partial charge is 0.364 e. The molecular weight excluding hydrogens is 585 g/mol. The van der Waals surface area contributed by atoms with Gasteiger partial charge in [0.05, 0.1) is 16.7 Å². The summed E-state index contributed by atoms with van der Waals surface area (Å²) in [6.45, 7) is 3.60. The van der Waals surface area contributed by atoms with Crippen molar-refractivity contribution in [3.05, 3.63) is 71.3 Å². The van der Waals surface area contributed by atoms with Crippen molar-refractivity contribution in [1.82, 2.24) is 19.6 Å². The smallest absolute Gasteiger partial charge is 0.271 e. The second-order valence-corrected chi connectivity index (χ2v) is 13.7. The average molecular weight is 622 g/mol. The van der Waals surface area contributed by atoms with E-state index in [9.17, 15) is 22.4 Å². The summed E-state index contributed by atoms with van der Waals surface area (Å²) in [5.41, 5.74) is 6.98. The first kappa shape index (κ1) is 29.9. The van der Waals surface area contributed by atoms with Crippen molar-refractivity contribution in [3.63, 3.8) is 0 Å². The van der Waals surface area contributed by atoms with Crippen LogP contribution in [0.3, 0.4) is 0 Å². The number of carbonyl (C=O) groups excluding carboxylic acids is 2. The summed E-state index contributed by atoms with van der Waals surface area (Å²) < 4.78 is 42.1. The van der Waals surface area contributed by atoms with Crippen molar-refractivity contribution in [2.75, 3.05) is 29.9 Å². The van der Waals surface area contributed by atoms with Crippen molar-refractivity contribution in [2.24, 2.45) is 5.73 Å². The lowest BCUT2D eigenvalue weighted by molar-refractivity contribution is 0.0919. The van der Waals surface area contributed by atoms with Crippen molar-refractivity contribution < 1.29 is 22.4 Å². The van der Waals surface area contributed by atoms with Crippen molar-refractivity contribution in [2.45, 2.75) is 68.3 Å². The number of nitrogens with zero attached hydrogens (tertiary/aromatic N) is 4. The van der Waals surface area contributed by atoms with Crippen LogP contribution in [-0.4, -0.2) is 66.2 Å². The minimum Gasteiger partial charge on any atom is -0.364 e. The number of halogens is 1. The molecule has 0 unspecified atom stereocenters. The van der Waals surface area contributed by atoms with Crippen LogP contribution in [0.15, 0.2) is 53.6 Å². The van der Waals surface area contributed by atoms with E-state index in [1.54, 1.807) is 18.2 Å². The van der Waals surface area contributed by atoms with Crippen LogP contribution >= 0.6 is 0 Å². The van der Waals surface area contributed by atoms with Crippen LogP contribution in [0.25, 0.3) is 0 Å². The van der Waals surface area contributed by atoms with Gasteiger partial charge in [0.15, 0.2) is 11.5 Å². The Labute approximate surface area is 256 Å². The predicted molar refractivity (Wildman–Crippen MR) is 164 cm³/mol. The highest BCUT2D eigenvalue weighted by atomic mass is 32.2. The fraction of sp³-hybridized carbons (Fsp3) is 0.419. The molecule has 13 heteroatoms. The lowest BCUT2D eigenvalue weighted by Gasteiger charge is -2.40. The maximum absolute atomic E-state index is 14.8. The molecule has 2 saturated heterocycles. The van der Waals surface area contributed by atoms with Gasteiger partial charge in [-0.2, -0.15) is 4.31 Å². The third kappa shape index (κ3) is 6.11. The first-order valence-electron chi connectivity index (χ1n) is 15.0. The van der Waals surface area contributed by atoms with E-state index < -0.39 is 27.7 Å². The molecule has 6 rings (SSSR count). The predicted octanol–water partition coefficient (Wildman–Crippen LogP) is 3.91. The normalized spacial score (nSPS) is 20.8. The average Bonchev–Trinajstić information content (AvgIpc) is 3.70. The van der Waals surface area contributed by atoms with Crippen molar-refractivity contribution >= 4 is 39.2 Å². The van der Waals surface area contributed by atoms with Gasteiger partial charge in [0.25, 0.3) is 11.8 Å². The number of aromatic nitrogens is 2. The molecular formula is C31H36FN7O4S. The number of primary amides is 1. The molecule has 2 aliphatic heterocycles. The van der Waals surface area contributed by atoms with Crippen LogP contribution in [0.5, 0.6) is 0 Å². The molecule has 2 aromatic carbocycles. The Bertz CT molecular complexity index is 1670. The molecule has 1 saturated carbocycles. The van der Waals surface area contributed by atoms with Crippen LogP contribution in [-0.2, 0) is 10.0 Å². The molecule has 0 bridgehead atoms. The number of hydrogen-bond acceptors (Lipinski definition) is 8. The number of benzene rings is 2. The van der Waals surface area contributed by atoms with Crippen LogP contribution in [0.4, 0.5) is 21.7 Å². The molecule has 3 aromatic rings. The summed E-state index contributed by atoms with van der Waals surface area (Å²) in [7, 11) is -3.57. The highest BCUT2D eigenvalue weighted by Gasteiger charge is 2.32. The maximum Gasteiger partial charge on any atom is 0.271 e. The first-order chi connectivity index (χ1) is 21.1. The molecule has 44 heavy (non-hydrogen) atoms. The summed E-state index contributed by atoms with van der Waals surface area (Å²) in [6.07, 6.45) is 6.71. The number of piperidine rings is 1. The van der Waals surface area contributed by atoms with E-state index in [4.69, 9.17) is 5.73 Å². The van der Waals surface area contributed by atoms with E-state index in [2.05, 4.69) is 20.6 Å². The number of nitrogens with two attached hydrogens (primary N) is 1. The van der Waals surface area contributed by atoms with E-state index in [0.29, 0.717) is 43.5 Å². The number of amides is 2. The van der Waals surface area contributed by atoms with Gasteiger partial charge in [0.2, 0.25) is 10.0 Å². The number of hydrogen-bond donors (Lipinski definition) is 3. The molecule has 0 spiro atoms. The molecule has 0 radical (unpaired) electrons. The Hall–Kier alpha value is -4.10. The first-order valence-corrected chi connectivity index (χ1v) is 16.5. The van der Waals surface area contributed by atoms with E-state index >= 15 is 0 Å². The molecule has 1 aromatic heterocycles. The summed E-state index contributed by atoms with van der Waals surface area (Å²) in [5.74, 6) is -0.760. The second-order valence-electron chi connectivity index (χ2n) is 11.7. The highest BCUT2D eigenvalue weighted by molar-refractivity contribution is 7.89. The minimum atomic E-state index is -3.57. The molecule has 1 aliphatic carbocycles. The van der Waals surface area contributed by atoms with E-state index in [-0.39, 0.29) is 34.1 Å². The van der Waals surface area contributed by atoms with Crippen LogP contribution < -0.4 is 21.3 Å². The second kappa shape index (κ2) is 12.1. The summed E-state index contributed by atoms with van der Waals surface area (Å²) in [6, 6.07) is 10.6. The van der Waals surface area contributed by atoms with Gasteiger partial charge in [-0.25, -0.2) is 22.8 Å². The number of sulfonamides is 1. The standard InChI is InChI=1S/C31H36FN7O4S/c1-19-26(36-31(41)24-13-8-21(17-25(24)32)20-6-7-20)5-4-16-39(19)27-18-34-28(29(33)40)30(37-27)35-22-9-11-23(12-10-22)44(42,43)38-14-2-3-15-38/h8-13,17-20,26H,2-7,14-16H2,1H3,(H2,33,40)(H,35,37)(H,36,41)/t19-,26-/m1/s1. The molecule has 11 nitrogen and oxygen atoms in total. The van der Waals surface area contributed by atoms with E-state index in [1.807, 2.05) is 17.9 Å². The quantitative estimate of drug-likeness (QED) is 0.326. The molecule has 2 atom stereocenters. The maximum atomic E-state index is 14.8. The van der Waals surface area contributed by atoms with Crippen molar-refractivity contribution in [1.29, 1.82) is 0 Å². The Morgan fingerprint density at radius 1 is 1.00 bits per heavy atom. The molecule has 232 valence electrons. The van der Waals surface area contributed by atoms with E-state index in [0.717, 1.165) is 37.7 Å². The van der Waals surface area contributed by atoms with Gasteiger partial charge in [-0.3, -0.25) is 9.59 Å². The number of rotatable bonds is 9. The van der Waals surface area contributed by atoms with Crippen LogP contribution in [0.2, 0.25) is 0 Å². The number of anilines is 3. The zero-order valence-electron chi connectivity index (χ0n) is 24.5. The highest BCUT2D eigenvalue weighted by Crippen LogP contribution is 2.40. The zero-order chi connectivity index (χ0) is 31.0. The van der Waals surface area contributed by atoms with Gasteiger partial charge >= 0.3 is 0 Å². The van der Waals surface area contributed by atoms with Gasteiger partial charge in [-0.15, -0.1) is 0 Å². The van der Waals surface area contributed by atoms with Crippen LogP contribution in [0, 0.1) is 5.82 Å². The minimum absolute atomic E-state index is 0.0232. The number of carbonyl (C=O) groups is 2. The number of nitrogens with one attached hydrogen (secondary N) is 2. The Morgan fingerprint density at radius 2 is 1.73 bits per heavy atom. The Kier molecular flexibility index (Phi) is 8.25. The summed E-state index contributed by atoms with van der Waals surface area (Å²) in [4.78, 5) is 36.4. The third-order valence-electron chi connectivity index (χ3n) is 8.70. The Morgan fingerprint density at radius 3 is 2.39 bits per heavy atom. The molecule has 3 aliphatic rings. The van der Waals surface area contributed by atoms with Gasteiger partial charge in [0, 0.05) is 37.4 Å². The van der Waals surface area contributed by atoms with Gasteiger partial charge in [0.1, 0.15) is 11.6 Å². The van der Waals surface area contributed by atoms with Crippen molar-refractivity contribution in [3.8, 4) is 0 Å². The topological polar surface area (TPSA) is 151 Å². The van der Waals surface area contributed by atoms with Gasteiger partial charge < -0.3 is 21.3 Å². The summed E-state index contributed by atoms with van der Waals surface area (Å²) >= 11 is 0. The summed E-state index contributed by atoms with van der Waals surface area (Å²) in [5, 5.41) is 6.06. The third-order valence-corrected chi connectivity index (χ3v) is 10.6. The molecule has 3 fully saturated rings. The van der Waals surface area contributed by atoms with Gasteiger partial charge in [-0.05, 0) is 93.3 Å². The fourth-order valence-corrected chi connectivity index (χ4v) is 7.52. The van der Waals surface area contributed by atoms with Gasteiger partial charge in [-0.1, -0.05) is 6.07 Å². The fourth-order valence-electron chi connectivity index (χ4n) is 6.00. The molecule has 4 N–H and O–H groups in total. The van der Waals surface area contributed by atoms with Crippen LogP contribution in [0.1, 0.15) is 77.8 Å². The lowest BCUT2D eigenvalue weighted by Crippen LogP contribution is -2.54. The molecule has 3 heterocycles. The lowest BCUT2D eigenvalue weighted by atomic mass is 9.96. The zero-order valence-corrected chi connectivity index (χ0v) is 25.3. The molecule has 2 amide bonds. The SMILES string of the molecule is C[C@@H]1[C@H](NC(=O)c2ccc(C3CC3)cc2F)CCCN1c1cnc(C(N)=O)c(Nc2ccc(S(=O)(=O)N3CCCC3)cc2)n1.